The Morgan fingerprint density at radius 2 is 1.80 bits per heavy atom. The Morgan fingerprint density at radius 1 is 1.07 bits per heavy atom. The third kappa shape index (κ3) is 3.31. The van der Waals surface area contributed by atoms with Crippen LogP contribution in [0, 0.1) is 0 Å². The lowest BCUT2D eigenvalue weighted by Gasteiger charge is -2.26. The maximum absolute atomic E-state index is 13.1. The molecule has 1 N–H and O–H groups in total. The molecule has 0 radical (unpaired) electrons. The number of hydrogen-bond donors (Lipinski definition) is 1. The number of hydrogen-bond acceptors (Lipinski definition) is 5. The van der Waals surface area contributed by atoms with E-state index in [1.807, 2.05) is 0 Å². The summed E-state index contributed by atoms with van der Waals surface area (Å²) in [7, 11) is 1.49. The number of pyridine rings is 1. The minimum Gasteiger partial charge on any atom is -0.507 e. The molecule has 1 fully saturated rings. The van der Waals surface area contributed by atoms with E-state index in [1.165, 1.54) is 18.1 Å². The molecule has 0 bridgehead atoms. The van der Waals surface area contributed by atoms with E-state index in [2.05, 4.69) is 4.98 Å². The van der Waals surface area contributed by atoms with Crippen molar-refractivity contribution in [1.82, 2.24) is 4.98 Å². The third-order valence-corrected chi connectivity index (χ3v) is 5.14. The highest BCUT2D eigenvalue weighted by Gasteiger charge is 2.47. The molecule has 1 aromatic heterocycles. The van der Waals surface area contributed by atoms with Gasteiger partial charge in [0.1, 0.15) is 11.5 Å². The lowest BCUT2D eigenvalue weighted by atomic mass is 9.96. The molecule has 1 saturated heterocycles. The first-order valence-corrected chi connectivity index (χ1v) is 9.50. The van der Waals surface area contributed by atoms with Gasteiger partial charge in [-0.3, -0.25) is 19.5 Å². The number of carbonyl (C=O) groups excluding carboxylic acids is 2. The van der Waals surface area contributed by atoms with E-state index in [0.29, 0.717) is 27.6 Å². The Labute approximate surface area is 178 Å². The van der Waals surface area contributed by atoms with Crippen LogP contribution in [0.15, 0.2) is 78.6 Å². The normalized spacial score (nSPS) is 17.9. The van der Waals surface area contributed by atoms with Crippen LogP contribution >= 0.6 is 11.6 Å². The van der Waals surface area contributed by atoms with Gasteiger partial charge in [-0.2, -0.15) is 0 Å². The van der Waals surface area contributed by atoms with Crippen LogP contribution in [-0.2, 0) is 9.59 Å². The number of aliphatic hydroxyl groups is 1. The van der Waals surface area contributed by atoms with Crippen LogP contribution in [0.25, 0.3) is 5.76 Å². The number of benzene rings is 2. The van der Waals surface area contributed by atoms with Crippen molar-refractivity contribution in [2.24, 2.45) is 0 Å². The molecule has 1 aliphatic rings. The molecule has 1 aliphatic heterocycles. The molecule has 150 valence electrons. The molecule has 2 aromatic carbocycles. The number of Topliss-reactive ketones (excluding diaryl/α,β-unsaturated/α-hetero) is 1. The van der Waals surface area contributed by atoms with Crippen LogP contribution in [0.3, 0.4) is 0 Å². The molecule has 6 nitrogen and oxygen atoms in total. The van der Waals surface area contributed by atoms with E-state index in [9.17, 15) is 14.7 Å². The Bertz CT molecular complexity index is 1160. The van der Waals surface area contributed by atoms with Gasteiger partial charge < -0.3 is 9.84 Å². The minimum absolute atomic E-state index is 0.0284. The molecule has 2 heterocycles. The van der Waals surface area contributed by atoms with E-state index in [-0.39, 0.29) is 11.3 Å². The van der Waals surface area contributed by atoms with Crippen molar-refractivity contribution >= 4 is 34.7 Å². The standard InChI is InChI=1S/C23H17ClN2O4/c1-30-18-8-3-2-7-17(18)26-20(14-9-11-25-12-10-14)19(22(28)23(26)29)21(27)15-5-4-6-16(24)13-15/h2-13,20,27H,1H3/b21-19-. The fourth-order valence-electron chi connectivity index (χ4n) is 3.56. The summed E-state index contributed by atoms with van der Waals surface area (Å²) in [5.74, 6) is -1.42. The van der Waals surface area contributed by atoms with E-state index in [4.69, 9.17) is 16.3 Å². The number of para-hydroxylation sites is 2. The second-order valence-electron chi connectivity index (χ2n) is 6.63. The first-order chi connectivity index (χ1) is 14.5. The van der Waals surface area contributed by atoms with Crippen LogP contribution in [0.5, 0.6) is 5.75 Å². The Hall–Kier alpha value is -3.64. The lowest BCUT2D eigenvalue weighted by molar-refractivity contribution is -0.132. The summed E-state index contributed by atoms with van der Waals surface area (Å²) in [6.45, 7) is 0. The summed E-state index contributed by atoms with van der Waals surface area (Å²) in [5, 5.41) is 11.4. The third-order valence-electron chi connectivity index (χ3n) is 4.91. The van der Waals surface area contributed by atoms with Gasteiger partial charge in [-0.25, -0.2) is 0 Å². The van der Waals surface area contributed by atoms with E-state index in [0.717, 1.165) is 0 Å². The Balaban J connectivity index is 1.98. The Kier molecular flexibility index (Phi) is 5.25. The molecule has 3 aromatic rings. The number of aliphatic hydroxyl groups excluding tert-OH is 1. The zero-order valence-corrected chi connectivity index (χ0v) is 16.7. The summed E-state index contributed by atoms with van der Waals surface area (Å²) >= 11 is 6.06. The molecule has 1 unspecified atom stereocenters. The predicted molar refractivity (Wildman–Crippen MR) is 113 cm³/mol. The predicted octanol–water partition coefficient (Wildman–Crippen LogP) is 4.37. The van der Waals surface area contributed by atoms with Crippen LogP contribution in [0.1, 0.15) is 17.2 Å². The van der Waals surface area contributed by atoms with Crippen molar-refractivity contribution < 1.29 is 19.4 Å². The molecule has 1 atom stereocenters. The highest BCUT2D eigenvalue weighted by molar-refractivity contribution is 6.52. The molecule has 4 rings (SSSR count). The molecule has 1 amide bonds. The monoisotopic (exact) mass is 420 g/mol. The number of ether oxygens (including phenoxy) is 1. The van der Waals surface area contributed by atoms with E-state index >= 15 is 0 Å². The number of ketones is 1. The van der Waals surface area contributed by atoms with Gasteiger partial charge in [0.2, 0.25) is 0 Å². The summed E-state index contributed by atoms with van der Waals surface area (Å²) < 4.78 is 5.41. The fraction of sp³-hybridized carbons (Fsp3) is 0.0870. The largest absolute Gasteiger partial charge is 0.507 e. The maximum Gasteiger partial charge on any atom is 0.300 e. The number of aromatic nitrogens is 1. The zero-order chi connectivity index (χ0) is 21.3. The molecule has 0 spiro atoms. The van der Waals surface area contributed by atoms with E-state index in [1.54, 1.807) is 67.0 Å². The zero-order valence-electron chi connectivity index (χ0n) is 15.9. The number of halogens is 1. The minimum atomic E-state index is -0.858. The Morgan fingerprint density at radius 3 is 2.50 bits per heavy atom. The number of carbonyl (C=O) groups is 2. The van der Waals surface area contributed by atoms with Crippen molar-refractivity contribution in [3.63, 3.8) is 0 Å². The van der Waals surface area contributed by atoms with Gasteiger partial charge in [-0.15, -0.1) is 0 Å². The van der Waals surface area contributed by atoms with Gasteiger partial charge in [0.05, 0.1) is 24.4 Å². The highest BCUT2D eigenvalue weighted by atomic mass is 35.5. The number of amides is 1. The van der Waals surface area contributed by atoms with Crippen LogP contribution < -0.4 is 9.64 Å². The molecule has 7 heteroatoms. The van der Waals surface area contributed by atoms with Gasteiger partial charge in [-0.05, 0) is 42.0 Å². The molecule has 0 aliphatic carbocycles. The molecule has 30 heavy (non-hydrogen) atoms. The smallest absolute Gasteiger partial charge is 0.300 e. The SMILES string of the molecule is COc1ccccc1N1C(=O)C(=O)/C(=C(\O)c2cccc(Cl)c2)C1c1ccncc1. The van der Waals surface area contributed by atoms with Crippen molar-refractivity contribution in [3.8, 4) is 5.75 Å². The van der Waals surface area contributed by atoms with Gasteiger partial charge in [0.15, 0.2) is 0 Å². The molecular weight excluding hydrogens is 404 g/mol. The first kappa shape index (κ1) is 19.7. The number of methoxy groups -OCH3 is 1. The second-order valence-corrected chi connectivity index (χ2v) is 7.07. The summed E-state index contributed by atoms with van der Waals surface area (Å²) in [5.41, 5.74) is 1.37. The maximum atomic E-state index is 13.1. The fourth-order valence-corrected chi connectivity index (χ4v) is 3.75. The van der Waals surface area contributed by atoms with Gasteiger partial charge >= 0.3 is 0 Å². The quantitative estimate of drug-likeness (QED) is 0.385. The summed E-state index contributed by atoms with van der Waals surface area (Å²) in [4.78, 5) is 31.5. The van der Waals surface area contributed by atoms with Crippen molar-refractivity contribution in [2.45, 2.75) is 6.04 Å². The van der Waals surface area contributed by atoms with Crippen LogP contribution in [0.4, 0.5) is 5.69 Å². The summed E-state index contributed by atoms with van der Waals surface area (Å²) in [6, 6.07) is 15.9. The van der Waals surface area contributed by atoms with Crippen molar-refractivity contribution in [1.29, 1.82) is 0 Å². The van der Waals surface area contributed by atoms with E-state index < -0.39 is 17.7 Å². The number of nitrogens with zero attached hydrogens (tertiary/aromatic N) is 2. The molecular formula is C23H17ClN2O4. The lowest BCUT2D eigenvalue weighted by Crippen LogP contribution is -2.29. The topological polar surface area (TPSA) is 79.7 Å². The average Bonchev–Trinajstić information content (AvgIpc) is 3.04. The molecule has 0 saturated carbocycles. The van der Waals surface area contributed by atoms with Gasteiger partial charge in [0, 0.05) is 23.0 Å². The van der Waals surface area contributed by atoms with Crippen LogP contribution in [0.2, 0.25) is 5.02 Å². The number of anilines is 1. The van der Waals surface area contributed by atoms with Crippen molar-refractivity contribution in [2.75, 3.05) is 12.0 Å². The van der Waals surface area contributed by atoms with Crippen LogP contribution in [-0.4, -0.2) is 28.9 Å². The van der Waals surface area contributed by atoms with Gasteiger partial charge in [0.25, 0.3) is 11.7 Å². The average molecular weight is 421 g/mol. The number of rotatable bonds is 4. The van der Waals surface area contributed by atoms with Gasteiger partial charge in [-0.1, -0.05) is 35.9 Å². The van der Waals surface area contributed by atoms with Crippen molar-refractivity contribution in [3.05, 3.63) is 94.8 Å². The summed E-state index contributed by atoms with van der Waals surface area (Å²) in [6.07, 6.45) is 3.13. The highest BCUT2D eigenvalue weighted by Crippen LogP contribution is 2.44. The first-order valence-electron chi connectivity index (χ1n) is 9.13. The second kappa shape index (κ2) is 8.00.